The van der Waals surface area contributed by atoms with Gasteiger partial charge in [-0.25, -0.2) is 4.68 Å². The van der Waals surface area contributed by atoms with Crippen molar-refractivity contribution in [2.75, 3.05) is 32.8 Å². The van der Waals surface area contributed by atoms with Crippen molar-refractivity contribution >= 4 is 29.7 Å². The van der Waals surface area contributed by atoms with Gasteiger partial charge in [0.25, 0.3) is 10.7 Å². The van der Waals surface area contributed by atoms with Crippen LogP contribution in [0.3, 0.4) is 0 Å². The molecule has 0 aliphatic carbocycles. The highest BCUT2D eigenvalue weighted by molar-refractivity contribution is 7.71. The second-order valence-electron chi connectivity index (χ2n) is 7.63. The van der Waals surface area contributed by atoms with Crippen LogP contribution in [-0.4, -0.2) is 64.4 Å². The monoisotopic (exact) mass is 472 g/mol. The summed E-state index contributed by atoms with van der Waals surface area (Å²) in [6.45, 7) is 3.29. The van der Waals surface area contributed by atoms with Crippen LogP contribution in [0.4, 0.5) is 0 Å². The molecule has 166 valence electrons. The third-order valence-electron chi connectivity index (χ3n) is 5.50. The maximum absolute atomic E-state index is 12.9. The van der Waals surface area contributed by atoms with E-state index in [1.54, 1.807) is 16.8 Å². The maximum atomic E-state index is 12.9. The molecule has 10 heteroatoms. The van der Waals surface area contributed by atoms with Crippen LogP contribution in [0.5, 0.6) is 11.5 Å². The predicted octanol–water partition coefficient (Wildman–Crippen LogP) is 3.47. The first-order chi connectivity index (χ1) is 15.6. The van der Waals surface area contributed by atoms with Crippen molar-refractivity contribution in [1.82, 2.24) is 19.6 Å². The summed E-state index contributed by atoms with van der Waals surface area (Å²) in [4.78, 5) is 17.2. The standard InChI is InChI=1S/C22H21ClN4O4S/c23-16-7-5-15(6-8-16)20-24-27(22(32)31-20)14-25-9-11-26(12-10-25)21(28)19-13-29-17-3-1-2-4-18(17)30-19/h1-8,19H,9-14H2. The molecule has 5 rings (SSSR count). The van der Waals surface area contributed by atoms with Gasteiger partial charge >= 0.3 is 0 Å². The van der Waals surface area contributed by atoms with E-state index in [0.717, 1.165) is 5.56 Å². The van der Waals surface area contributed by atoms with Crippen LogP contribution in [0.1, 0.15) is 0 Å². The van der Waals surface area contributed by atoms with E-state index < -0.39 is 6.10 Å². The number of amides is 1. The second kappa shape index (κ2) is 8.93. The molecule has 2 aromatic carbocycles. The first-order valence-electron chi connectivity index (χ1n) is 10.3. The number of para-hydroxylation sites is 2. The summed E-state index contributed by atoms with van der Waals surface area (Å²) < 4.78 is 18.9. The van der Waals surface area contributed by atoms with Gasteiger partial charge in [-0.2, -0.15) is 0 Å². The molecule has 1 atom stereocenters. The number of aromatic nitrogens is 2. The van der Waals surface area contributed by atoms with Gasteiger partial charge in [0.05, 0.1) is 6.67 Å². The highest BCUT2D eigenvalue weighted by Crippen LogP contribution is 2.31. The summed E-state index contributed by atoms with van der Waals surface area (Å²) in [7, 11) is 0. The molecule has 1 unspecified atom stereocenters. The van der Waals surface area contributed by atoms with Crippen molar-refractivity contribution in [2.45, 2.75) is 12.8 Å². The summed E-state index contributed by atoms with van der Waals surface area (Å²) in [5.74, 6) is 1.67. The zero-order chi connectivity index (χ0) is 22.1. The number of carbonyl (C=O) groups excluding carboxylic acids is 1. The second-order valence-corrected chi connectivity index (χ2v) is 8.41. The van der Waals surface area contributed by atoms with Crippen LogP contribution in [0.15, 0.2) is 52.9 Å². The van der Waals surface area contributed by atoms with Crippen LogP contribution < -0.4 is 9.47 Å². The Labute approximate surface area is 194 Å². The van der Waals surface area contributed by atoms with Crippen LogP contribution in [-0.2, 0) is 11.5 Å². The molecule has 0 radical (unpaired) electrons. The van der Waals surface area contributed by atoms with Gasteiger partial charge in [-0.05, 0) is 48.6 Å². The maximum Gasteiger partial charge on any atom is 0.288 e. The number of fused-ring (bicyclic) bond motifs is 1. The van der Waals surface area contributed by atoms with Gasteiger partial charge in [-0.1, -0.05) is 23.7 Å². The highest BCUT2D eigenvalue weighted by Gasteiger charge is 2.32. The number of nitrogens with zero attached hydrogens (tertiary/aromatic N) is 4. The van der Waals surface area contributed by atoms with Gasteiger partial charge in [0.1, 0.15) is 6.61 Å². The average molecular weight is 473 g/mol. The van der Waals surface area contributed by atoms with Gasteiger partial charge in [0, 0.05) is 36.8 Å². The zero-order valence-electron chi connectivity index (χ0n) is 17.1. The molecule has 0 N–H and O–H groups in total. The number of carbonyl (C=O) groups is 1. The molecular weight excluding hydrogens is 452 g/mol. The molecule has 8 nitrogen and oxygen atoms in total. The van der Waals surface area contributed by atoms with Gasteiger partial charge in [-0.3, -0.25) is 9.69 Å². The Bertz CT molecular complexity index is 1170. The Morgan fingerprint density at radius 3 is 2.53 bits per heavy atom. The molecule has 1 fully saturated rings. The molecule has 1 saturated heterocycles. The van der Waals surface area contributed by atoms with Gasteiger partial charge < -0.3 is 18.8 Å². The Morgan fingerprint density at radius 1 is 1.06 bits per heavy atom. The van der Waals surface area contributed by atoms with Crippen LogP contribution >= 0.6 is 23.8 Å². The van der Waals surface area contributed by atoms with E-state index in [-0.39, 0.29) is 12.5 Å². The Hall–Kier alpha value is -2.88. The Morgan fingerprint density at radius 2 is 1.78 bits per heavy atom. The number of halogens is 1. The van der Waals surface area contributed by atoms with E-state index in [4.69, 9.17) is 37.7 Å². The fraction of sp³-hybridized carbons (Fsp3) is 0.318. The molecule has 3 aromatic rings. The SMILES string of the molecule is O=C(C1COc2ccccc2O1)N1CCN(Cn2nc(-c3ccc(Cl)cc3)oc2=S)CC1. The number of rotatable bonds is 4. The Kier molecular flexibility index (Phi) is 5.86. The fourth-order valence-corrected chi connectivity index (χ4v) is 4.05. The molecule has 1 amide bonds. The summed E-state index contributed by atoms with van der Waals surface area (Å²) in [5.41, 5.74) is 0.811. The largest absolute Gasteiger partial charge is 0.485 e. The number of piperazine rings is 1. The molecule has 0 spiro atoms. The third-order valence-corrected chi connectivity index (χ3v) is 6.05. The van der Waals surface area contributed by atoms with Crippen molar-refractivity contribution in [3.8, 4) is 23.0 Å². The minimum atomic E-state index is -0.623. The van der Waals surface area contributed by atoms with E-state index in [2.05, 4.69) is 10.00 Å². The molecular formula is C22H21ClN4O4S. The van der Waals surface area contributed by atoms with Gasteiger partial charge in [-0.15, -0.1) is 5.10 Å². The lowest BCUT2D eigenvalue weighted by atomic mass is 10.2. The zero-order valence-corrected chi connectivity index (χ0v) is 18.7. The van der Waals surface area contributed by atoms with Crippen LogP contribution in [0.25, 0.3) is 11.5 Å². The molecule has 2 aliphatic rings. The van der Waals surface area contributed by atoms with Gasteiger partial charge in [0.2, 0.25) is 12.0 Å². The lowest BCUT2D eigenvalue weighted by molar-refractivity contribution is -0.143. The predicted molar refractivity (Wildman–Crippen MR) is 120 cm³/mol. The van der Waals surface area contributed by atoms with Gasteiger partial charge in [0.15, 0.2) is 11.5 Å². The average Bonchev–Trinajstić information content (AvgIpc) is 3.19. The van der Waals surface area contributed by atoms with E-state index in [0.29, 0.717) is 60.1 Å². The quantitative estimate of drug-likeness (QED) is 0.538. The van der Waals surface area contributed by atoms with Crippen LogP contribution in [0.2, 0.25) is 5.02 Å². The number of ether oxygens (including phenoxy) is 2. The smallest absolute Gasteiger partial charge is 0.288 e. The van der Waals surface area contributed by atoms with Crippen molar-refractivity contribution in [3.05, 3.63) is 58.4 Å². The first-order valence-corrected chi connectivity index (χ1v) is 11.1. The van der Waals surface area contributed by atoms with E-state index >= 15 is 0 Å². The minimum Gasteiger partial charge on any atom is -0.485 e. The van der Waals surface area contributed by atoms with E-state index in [9.17, 15) is 4.79 Å². The molecule has 2 aliphatic heterocycles. The topological polar surface area (TPSA) is 73.0 Å². The lowest BCUT2D eigenvalue weighted by Gasteiger charge is -2.36. The normalized spacial score (nSPS) is 18.5. The molecule has 32 heavy (non-hydrogen) atoms. The lowest BCUT2D eigenvalue weighted by Crippen LogP contribution is -2.54. The molecule has 1 aromatic heterocycles. The number of hydrogen-bond acceptors (Lipinski definition) is 7. The van der Waals surface area contributed by atoms with Crippen LogP contribution in [0, 0.1) is 4.84 Å². The van der Waals surface area contributed by atoms with Crippen molar-refractivity contribution in [3.63, 3.8) is 0 Å². The van der Waals surface area contributed by atoms with Crippen molar-refractivity contribution in [1.29, 1.82) is 0 Å². The summed E-state index contributed by atoms with van der Waals surface area (Å²) in [6, 6.07) is 14.6. The summed E-state index contributed by atoms with van der Waals surface area (Å²) >= 11 is 11.3. The number of hydrogen-bond donors (Lipinski definition) is 0. The highest BCUT2D eigenvalue weighted by atomic mass is 35.5. The molecule has 0 saturated carbocycles. The minimum absolute atomic E-state index is 0.0535. The first kappa shape index (κ1) is 21.0. The number of benzene rings is 2. The van der Waals surface area contributed by atoms with E-state index in [1.807, 2.05) is 41.3 Å². The molecule has 0 bridgehead atoms. The van der Waals surface area contributed by atoms with E-state index in [1.165, 1.54) is 0 Å². The van der Waals surface area contributed by atoms with Crippen molar-refractivity contribution in [2.24, 2.45) is 0 Å². The Balaban J connectivity index is 1.17. The summed E-state index contributed by atoms with van der Waals surface area (Å²) in [6.07, 6.45) is -0.623. The third kappa shape index (κ3) is 4.36. The fourth-order valence-electron chi connectivity index (χ4n) is 3.75. The molecule has 3 heterocycles. The van der Waals surface area contributed by atoms with Crippen molar-refractivity contribution < 1.29 is 18.7 Å². The summed E-state index contributed by atoms with van der Waals surface area (Å²) in [5, 5.41) is 5.14.